The standard InChI is InChI=1S/C19H28NO2/c1-14(2)15-6-8-16(9-7-15)17-10-12-20(13-11-17)18(21)22-19(3,4)5/h6-9,14H,10-13H2,1-5H3. The predicted octanol–water partition coefficient (Wildman–Crippen LogP) is 4.76. The summed E-state index contributed by atoms with van der Waals surface area (Å²) in [6.45, 7) is 11.6. The topological polar surface area (TPSA) is 29.5 Å². The second-order valence-corrected chi connectivity index (χ2v) is 7.35. The normalized spacial score (nSPS) is 16.9. The molecule has 1 heterocycles. The molecular formula is C19H28NO2. The molecule has 0 spiro atoms. The van der Waals surface area contributed by atoms with E-state index >= 15 is 0 Å². The minimum Gasteiger partial charge on any atom is -0.444 e. The van der Waals surface area contributed by atoms with E-state index in [1.54, 1.807) is 0 Å². The number of nitrogens with zero attached hydrogens (tertiary/aromatic N) is 1. The van der Waals surface area contributed by atoms with Crippen LogP contribution < -0.4 is 0 Å². The van der Waals surface area contributed by atoms with Gasteiger partial charge in [-0.05, 0) is 50.7 Å². The molecule has 1 radical (unpaired) electrons. The molecule has 22 heavy (non-hydrogen) atoms. The van der Waals surface area contributed by atoms with Crippen molar-refractivity contribution in [1.82, 2.24) is 4.90 Å². The minimum absolute atomic E-state index is 0.193. The third kappa shape index (κ3) is 4.49. The molecule has 1 amide bonds. The highest BCUT2D eigenvalue weighted by molar-refractivity contribution is 5.68. The van der Waals surface area contributed by atoms with Gasteiger partial charge in [-0.2, -0.15) is 0 Å². The zero-order chi connectivity index (χ0) is 16.3. The van der Waals surface area contributed by atoms with Crippen LogP contribution in [0.5, 0.6) is 0 Å². The van der Waals surface area contributed by atoms with Crippen molar-refractivity contribution in [3.05, 3.63) is 41.3 Å². The van der Waals surface area contributed by atoms with Crippen molar-refractivity contribution in [1.29, 1.82) is 0 Å². The molecule has 2 rings (SSSR count). The fourth-order valence-electron chi connectivity index (χ4n) is 2.68. The summed E-state index contributed by atoms with van der Waals surface area (Å²) < 4.78 is 5.44. The van der Waals surface area contributed by atoms with Crippen molar-refractivity contribution in [3.63, 3.8) is 0 Å². The molecule has 1 aromatic carbocycles. The lowest BCUT2D eigenvalue weighted by Gasteiger charge is -2.33. The van der Waals surface area contributed by atoms with Gasteiger partial charge >= 0.3 is 6.09 Å². The molecular weight excluding hydrogens is 274 g/mol. The number of benzene rings is 1. The van der Waals surface area contributed by atoms with Crippen LogP contribution in [0.1, 0.15) is 64.5 Å². The molecule has 0 N–H and O–H groups in total. The van der Waals surface area contributed by atoms with Crippen LogP contribution in [0.4, 0.5) is 4.79 Å². The Morgan fingerprint density at radius 1 is 1.09 bits per heavy atom. The monoisotopic (exact) mass is 302 g/mol. The van der Waals surface area contributed by atoms with Gasteiger partial charge in [0, 0.05) is 19.0 Å². The summed E-state index contributed by atoms with van der Waals surface area (Å²) in [5.41, 5.74) is 2.26. The first kappa shape index (κ1) is 16.9. The van der Waals surface area contributed by atoms with Crippen LogP contribution in [0.15, 0.2) is 24.3 Å². The average Bonchev–Trinajstić information content (AvgIpc) is 2.46. The molecule has 1 aliphatic heterocycles. The van der Waals surface area contributed by atoms with Crippen molar-refractivity contribution < 1.29 is 9.53 Å². The quantitative estimate of drug-likeness (QED) is 0.788. The number of piperidine rings is 1. The maximum absolute atomic E-state index is 12.1. The molecule has 0 bridgehead atoms. The number of amides is 1. The SMILES string of the molecule is CC(C)c1ccc([C]2CCN(C(=O)OC(C)(C)C)CC2)cc1. The van der Waals surface area contributed by atoms with E-state index in [-0.39, 0.29) is 6.09 Å². The van der Waals surface area contributed by atoms with Gasteiger partial charge in [0.25, 0.3) is 0 Å². The maximum atomic E-state index is 12.1. The summed E-state index contributed by atoms with van der Waals surface area (Å²) >= 11 is 0. The molecule has 3 heteroatoms. The summed E-state index contributed by atoms with van der Waals surface area (Å²) in [6, 6.07) is 8.86. The Morgan fingerprint density at radius 2 is 1.64 bits per heavy atom. The van der Waals surface area contributed by atoms with Gasteiger partial charge in [0.05, 0.1) is 0 Å². The van der Waals surface area contributed by atoms with Crippen LogP contribution >= 0.6 is 0 Å². The summed E-state index contributed by atoms with van der Waals surface area (Å²) in [5, 5.41) is 0. The number of carbonyl (C=O) groups excluding carboxylic acids is 1. The molecule has 1 aromatic rings. The van der Waals surface area contributed by atoms with Crippen molar-refractivity contribution in [2.75, 3.05) is 13.1 Å². The van der Waals surface area contributed by atoms with Crippen LogP contribution in [-0.2, 0) is 4.74 Å². The highest BCUT2D eigenvalue weighted by atomic mass is 16.6. The van der Waals surface area contributed by atoms with Gasteiger partial charge in [0.1, 0.15) is 5.60 Å². The van der Waals surface area contributed by atoms with Crippen LogP contribution in [0.3, 0.4) is 0 Å². The Hall–Kier alpha value is -1.51. The van der Waals surface area contributed by atoms with E-state index in [9.17, 15) is 4.79 Å². The number of hydrogen-bond donors (Lipinski definition) is 0. The number of hydrogen-bond acceptors (Lipinski definition) is 2. The Morgan fingerprint density at radius 3 is 2.09 bits per heavy atom. The Bertz CT molecular complexity index is 491. The summed E-state index contributed by atoms with van der Waals surface area (Å²) in [7, 11) is 0. The number of likely N-dealkylation sites (tertiary alicyclic amines) is 1. The Balaban J connectivity index is 1.90. The fraction of sp³-hybridized carbons (Fsp3) is 0.579. The second kappa shape index (κ2) is 6.72. The first-order chi connectivity index (χ1) is 10.3. The van der Waals surface area contributed by atoms with E-state index in [1.807, 2.05) is 25.7 Å². The lowest BCUT2D eigenvalue weighted by Crippen LogP contribution is -2.41. The molecule has 0 saturated carbocycles. The van der Waals surface area contributed by atoms with Crippen molar-refractivity contribution in [2.45, 2.75) is 59.0 Å². The van der Waals surface area contributed by atoms with Crippen molar-refractivity contribution in [2.24, 2.45) is 0 Å². The minimum atomic E-state index is -0.423. The van der Waals surface area contributed by atoms with Gasteiger partial charge in [-0.3, -0.25) is 0 Å². The smallest absolute Gasteiger partial charge is 0.410 e. The van der Waals surface area contributed by atoms with Gasteiger partial charge in [-0.15, -0.1) is 0 Å². The van der Waals surface area contributed by atoms with Gasteiger partial charge in [-0.25, -0.2) is 4.79 Å². The van der Waals surface area contributed by atoms with Crippen LogP contribution in [-0.4, -0.2) is 29.7 Å². The molecule has 1 saturated heterocycles. The highest BCUT2D eigenvalue weighted by Gasteiger charge is 2.27. The summed E-state index contributed by atoms with van der Waals surface area (Å²) in [6.07, 6.45) is 1.67. The predicted molar refractivity (Wildman–Crippen MR) is 89.9 cm³/mol. The van der Waals surface area contributed by atoms with Crippen molar-refractivity contribution >= 4 is 6.09 Å². The van der Waals surface area contributed by atoms with Gasteiger partial charge in [-0.1, -0.05) is 38.1 Å². The Labute approximate surface area is 134 Å². The fourth-order valence-corrected chi connectivity index (χ4v) is 2.68. The van der Waals surface area contributed by atoms with E-state index in [1.165, 1.54) is 17.0 Å². The van der Waals surface area contributed by atoms with E-state index in [0.29, 0.717) is 5.92 Å². The summed E-state index contributed by atoms with van der Waals surface area (Å²) in [5.74, 6) is 2.00. The van der Waals surface area contributed by atoms with E-state index in [0.717, 1.165) is 25.9 Å². The first-order valence-electron chi connectivity index (χ1n) is 8.19. The molecule has 0 aromatic heterocycles. The van der Waals surface area contributed by atoms with Gasteiger partial charge in [0.15, 0.2) is 0 Å². The molecule has 0 unspecified atom stereocenters. The van der Waals surface area contributed by atoms with Crippen LogP contribution in [0.25, 0.3) is 0 Å². The third-order valence-corrected chi connectivity index (χ3v) is 4.00. The Kier molecular flexibility index (Phi) is 5.15. The van der Waals surface area contributed by atoms with Crippen LogP contribution in [0.2, 0.25) is 0 Å². The van der Waals surface area contributed by atoms with E-state index < -0.39 is 5.60 Å². The summed E-state index contributed by atoms with van der Waals surface area (Å²) in [4.78, 5) is 13.9. The lowest BCUT2D eigenvalue weighted by molar-refractivity contribution is 0.0228. The zero-order valence-electron chi connectivity index (χ0n) is 14.5. The molecule has 0 aliphatic carbocycles. The molecule has 1 aliphatic rings. The average molecular weight is 302 g/mol. The maximum Gasteiger partial charge on any atom is 0.410 e. The van der Waals surface area contributed by atoms with Gasteiger partial charge in [0.2, 0.25) is 0 Å². The highest BCUT2D eigenvalue weighted by Crippen LogP contribution is 2.28. The third-order valence-electron chi connectivity index (χ3n) is 4.00. The largest absolute Gasteiger partial charge is 0.444 e. The molecule has 121 valence electrons. The van der Waals surface area contributed by atoms with Crippen LogP contribution in [0, 0.1) is 5.92 Å². The number of carbonyl (C=O) groups is 1. The number of rotatable bonds is 2. The van der Waals surface area contributed by atoms with Gasteiger partial charge < -0.3 is 9.64 Å². The second-order valence-electron chi connectivity index (χ2n) is 7.35. The molecule has 1 fully saturated rings. The van der Waals surface area contributed by atoms with Crippen molar-refractivity contribution in [3.8, 4) is 0 Å². The molecule has 3 nitrogen and oxygen atoms in total. The van der Waals surface area contributed by atoms with E-state index in [4.69, 9.17) is 4.74 Å². The first-order valence-corrected chi connectivity index (χ1v) is 8.19. The molecule has 0 atom stereocenters. The number of ether oxygens (including phenoxy) is 1. The lowest BCUT2D eigenvalue weighted by atomic mass is 9.88. The zero-order valence-corrected chi connectivity index (χ0v) is 14.5. The van der Waals surface area contributed by atoms with E-state index in [2.05, 4.69) is 38.1 Å².